The average Bonchev–Trinajstić information content (AvgIpc) is 2.41. The van der Waals surface area contributed by atoms with Crippen molar-refractivity contribution in [3.8, 4) is 0 Å². The van der Waals surface area contributed by atoms with Gasteiger partial charge in [-0.25, -0.2) is 4.79 Å². The number of nitrogens with one attached hydrogen (secondary N) is 2. The van der Waals surface area contributed by atoms with Crippen LogP contribution in [0.25, 0.3) is 0 Å². The highest BCUT2D eigenvalue weighted by Gasteiger charge is 2.21. The van der Waals surface area contributed by atoms with E-state index in [1.807, 2.05) is 0 Å². The Kier molecular flexibility index (Phi) is 2.35. The summed E-state index contributed by atoms with van der Waals surface area (Å²) in [6.45, 7) is 1.29. The summed E-state index contributed by atoms with van der Waals surface area (Å²) >= 11 is 0. The highest BCUT2D eigenvalue weighted by atomic mass is 35.5. The molecule has 0 fully saturated rings. The van der Waals surface area contributed by atoms with E-state index in [1.54, 1.807) is 0 Å². The van der Waals surface area contributed by atoms with Gasteiger partial charge in [0.05, 0.1) is 5.69 Å². The van der Waals surface area contributed by atoms with Gasteiger partial charge in [0.25, 0.3) is 0 Å². The number of carbonyl (C=O) groups is 1. The minimum atomic E-state index is -0.966. The van der Waals surface area contributed by atoms with Gasteiger partial charge in [0.2, 0.25) is 0 Å². The largest absolute Gasteiger partial charge is 0.476 e. The van der Waals surface area contributed by atoms with E-state index in [0.29, 0.717) is 13.1 Å². The second kappa shape index (κ2) is 3.12. The maximum absolute atomic E-state index is 10.5. The second-order valence-electron chi connectivity index (χ2n) is 2.44. The number of H-pyrrole nitrogens is 1. The van der Waals surface area contributed by atoms with Crippen molar-refractivity contribution < 1.29 is 9.90 Å². The fraction of sp³-hybridized carbons (Fsp3) is 0.333. The molecule has 1 aromatic rings. The van der Waals surface area contributed by atoms with Crippen LogP contribution in [-0.4, -0.2) is 21.3 Å². The molecule has 2 rings (SSSR count). The van der Waals surface area contributed by atoms with Gasteiger partial charge in [-0.3, -0.25) is 5.10 Å². The molecule has 6 heteroatoms. The number of carboxylic acids is 1. The van der Waals surface area contributed by atoms with E-state index in [1.165, 1.54) is 0 Å². The number of nitrogens with zero attached hydrogens (tertiary/aromatic N) is 1. The Morgan fingerprint density at radius 3 is 2.92 bits per heavy atom. The molecule has 5 nitrogen and oxygen atoms in total. The van der Waals surface area contributed by atoms with Crippen LogP contribution in [0, 0.1) is 0 Å². The third-order valence-electron chi connectivity index (χ3n) is 1.76. The minimum Gasteiger partial charge on any atom is -0.476 e. The van der Waals surface area contributed by atoms with Gasteiger partial charge in [-0.05, 0) is 0 Å². The minimum absolute atomic E-state index is 0. The Hall–Kier alpha value is -1.07. The zero-order chi connectivity index (χ0) is 7.84. The molecule has 0 aromatic carbocycles. The van der Waals surface area contributed by atoms with Crippen LogP contribution in [0.2, 0.25) is 0 Å². The van der Waals surface area contributed by atoms with Gasteiger partial charge in [0.15, 0.2) is 5.69 Å². The van der Waals surface area contributed by atoms with Crippen LogP contribution in [0.3, 0.4) is 0 Å². The number of fused-ring (bicyclic) bond motifs is 1. The van der Waals surface area contributed by atoms with Gasteiger partial charge in [0.1, 0.15) is 0 Å². The molecule has 0 saturated carbocycles. The Morgan fingerprint density at radius 2 is 2.25 bits per heavy atom. The molecule has 1 aliphatic rings. The van der Waals surface area contributed by atoms with Crippen LogP contribution < -0.4 is 5.32 Å². The van der Waals surface area contributed by atoms with Crippen LogP contribution in [0.5, 0.6) is 0 Å². The molecule has 2 heterocycles. The Labute approximate surface area is 74.6 Å². The lowest BCUT2D eigenvalue weighted by molar-refractivity contribution is 0.0689. The van der Waals surface area contributed by atoms with Crippen LogP contribution in [0.15, 0.2) is 0 Å². The lowest BCUT2D eigenvalue weighted by Gasteiger charge is -1.89. The summed E-state index contributed by atoms with van der Waals surface area (Å²) in [5.74, 6) is -0.966. The van der Waals surface area contributed by atoms with Crippen molar-refractivity contribution in [3.63, 3.8) is 0 Å². The molecule has 12 heavy (non-hydrogen) atoms. The molecule has 0 bridgehead atoms. The summed E-state index contributed by atoms with van der Waals surface area (Å²) in [6.07, 6.45) is 0. The standard InChI is InChI=1S/C6H7N3O2.ClH/c10-6(11)5-3-1-7-2-4(3)8-9-5;/h7H,1-2H2,(H,8,9)(H,10,11);1H. The van der Waals surface area contributed by atoms with Crippen molar-refractivity contribution in [2.24, 2.45) is 0 Å². The molecular formula is C6H8ClN3O2. The van der Waals surface area contributed by atoms with E-state index in [9.17, 15) is 4.79 Å². The fourth-order valence-corrected chi connectivity index (χ4v) is 1.23. The van der Waals surface area contributed by atoms with Crippen molar-refractivity contribution in [2.75, 3.05) is 0 Å². The van der Waals surface area contributed by atoms with Crippen molar-refractivity contribution in [1.82, 2.24) is 15.5 Å². The van der Waals surface area contributed by atoms with Crippen molar-refractivity contribution in [1.29, 1.82) is 0 Å². The number of hydrogen-bond donors (Lipinski definition) is 3. The molecule has 1 aromatic heterocycles. The van der Waals surface area contributed by atoms with Gasteiger partial charge in [-0.15, -0.1) is 12.4 Å². The highest BCUT2D eigenvalue weighted by molar-refractivity contribution is 5.87. The first-order valence-electron chi connectivity index (χ1n) is 3.29. The first kappa shape index (κ1) is 9.02. The smallest absolute Gasteiger partial charge is 0.356 e. The molecule has 66 valence electrons. The summed E-state index contributed by atoms with van der Waals surface area (Å²) in [7, 11) is 0. The van der Waals surface area contributed by atoms with Crippen molar-refractivity contribution in [2.45, 2.75) is 13.1 Å². The van der Waals surface area contributed by atoms with Crippen molar-refractivity contribution in [3.05, 3.63) is 17.0 Å². The monoisotopic (exact) mass is 189 g/mol. The predicted molar refractivity (Wildman–Crippen MR) is 43.3 cm³/mol. The van der Waals surface area contributed by atoms with Crippen LogP contribution >= 0.6 is 12.4 Å². The molecule has 0 amide bonds. The summed E-state index contributed by atoms with van der Waals surface area (Å²) in [5, 5.41) is 18.0. The third kappa shape index (κ3) is 1.17. The normalized spacial score (nSPS) is 13.7. The summed E-state index contributed by atoms with van der Waals surface area (Å²) in [6, 6.07) is 0. The molecular weight excluding hydrogens is 182 g/mol. The molecule has 0 radical (unpaired) electrons. The lowest BCUT2D eigenvalue weighted by Crippen LogP contribution is -2.06. The van der Waals surface area contributed by atoms with E-state index in [0.717, 1.165) is 11.3 Å². The maximum atomic E-state index is 10.5. The summed E-state index contributed by atoms with van der Waals surface area (Å²) in [4.78, 5) is 10.5. The molecule has 1 aliphatic heterocycles. The van der Waals surface area contributed by atoms with Gasteiger partial charge in [-0.2, -0.15) is 5.10 Å². The molecule has 0 atom stereocenters. The van der Waals surface area contributed by atoms with E-state index < -0.39 is 5.97 Å². The van der Waals surface area contributed by atoms with Crippen LogP contribution in [0.4, 0.5) is 0 Å². The van der Waals surface area contributed by atoms with E-state index in [2.05, 4.69) is 15.5 Å². The van der Waals surface area contributed by atoms with Gasteiger partial charge >= 0.3 is 5.97 Å². The summed E-state index contributed by atoms with van der Waals surface area (Å²) in [5.41, 5.74) is 1.82. The Balaban J connectivity index is 0.000000720. The Morgan fingerprint density at radius 1 is 1.50 bits per heavy atom. The second-order valence-corrected chi connectivity index (χ2v) is 2.44. The lowest BCUT2D eigenvalue weighted by atomic mass is 10.2. The van der Waals surface area contributed by atoms with E-state index in [-0.39, 0.29) is 18.1 Å². The predicted octanol–water partition coefficient (Wildman–Crippen LogP) is 0.133. The number of halogens is 1. The molecule has 0 saturated heterocycles. The molecule has 0 unspecified atom stereocenters. The van der Waals surface area contributed by atoms with E-state index in [4.69, 9.17) is 5.11 Å². The number of hydrogen-bond acceptors (Lipinski definition) is 3. The summed E-state index contributed by atoms with van der Waals surface area (Å²) < 4.78 is 0. The van der Waals surface area contributed by atoms with E-state index >= 15 is 0 Å². The number of carboxylic acid groups (broad SMARTS) is 1. The molecule has 0 spiro atoms. The maximum Gasteiger partial charge on any atom is 0.356 e. The molecule has 0 aliphatic carbocycles. The van der Waals surface area contributed by atoms with Gasteiger partial charge in [0, 0.05) is 18.7 Å². The average molecular weight is 190 g/mol. The Bertz CT molecular complexity index is 310. The first-order chi connectivity index (χ1) is 5.29. The third-order valence-corrected chi connectivity index (χ3v) is 1.76. The quantitative estimate of drug-likeness (QED) is 0.587. The SMILES string of the molecule is Cl.O=C(O)c1n[nH]c2c1CNC2. The number of aromatic carboxylic acids is 1. The topological polar surface area (TPSA) is 78.0 Å². The zero-order valence-corrected chi connectivity index (χ0v) is 6.94. The van der Waals surface area contributed by atoms with Gasteiger partial charge < -0.3 is 10.4 Å². The van der Waals surface area contributed by atoms with Crippen molar-refractivity contribution >= 4 is 18.4 Å². The zero-order valence-electron chi connectivity index (χ0n) is 6.13. The fourth-order valence-electron chi connectivity index (χ4n) is 1.23. The number of aromatic nitrogens is 2. The first-order valence-corrected chi connectivity index (χ1v) is 3.29. The van der Waals surface area contributed by atoms with Crippen LogP contribution in [0.1, 0.15) is 21.7 Å². The van der Waals surface area contributed by atoms with Crippen LogP contribution in [-0.2, 0) is 13.1 Å². The highest BCUT2D eigenvalue weighted by Crippen LogP contribution is 2.15. The van der Waals surface area contributed by atoms with Gasteiger partial charge in [-0.1, -0.05) is 0 Å². The number of aromatic amines is 1. The molecule has 3 N–H and O–H groups in total. The number of rotatable bonds is 1.